The summed E-state index contributed by atoms with van der Waals surface area (Å²) in [7, 11) is 7.54. The minimum atomic E-state index is 0.0960. The number of nitrogens with zero attached hydrogens (tertiary/aromatic N) is 3. The number of aliphatic imine (C=N–C) groups is 1. The number of methoxy groups -OCH3 is 2. The van der Waals surface area contributed by atoms with Crippen molar-refractivity contribution in [3.63, 3.8) is 0 Å². The van der Waals surface area contributed by atoms with E-state index in [9.17, 15) is 0 Å². The largest absolute Gasteiger partial charge is 0.493 e. The van der Waals surface area contributed by atoms with E-state index >= 15 is 0 Å². The van der Waals surface area contributed by atoms with Gasteiger partial charge in [0, 0.05) is 39.3 Å². The summed E-state index contributed by atoms with van der Waals surface area (Å²) in [5.41, 5.74) is 1.28. The van der Waals surface area contributed by atoms with Crippen molar-refractivity contribution in [1.29, 1.82) is 0 Å². The molecule has 0 saturated carbocycles. The van der Waals surface area contributed by atoms with E-state index in [1.165, 1.54) is 5.56 Å². The Bertz CT molecular complexity index is 718. The Labute approximate surface area is 194 Å². The van der Waals surface area contributed by atoms with Crippen LogP contribution in [0.3, 0.4) is 0 Å². The van der Waals surface area contributed by atoms with Crippen LogP contribution in [0.15, 0.2) is 23.2 Å². The number of benzene rings is 1. The summed E-state index contributed by atoms with van der Waals surface area (Å²) in [5.74, 6) is 2.33. The Morgan fingerprint density at radius 3 is 2.44 bits per heavy atom. The summed E-state index contributed by atoms with van der Waals surface area (Å²) in [6.45, 7) is 13.2. The van der Waals surface area contributed by atoms with Crippen LogP contribution in [0.2, 0.25) is 0 Å². The van der Waals surface area contributed by atoms with Gasteiger partial charge in [0.05, 0.1) is 33.5 Å². The van der Waals surface area contributed by atoms with Crippen LogP contribution in [0.5, 0.6) is 11.5 Å². The lowest BCUT2D eigenvalue weighted by molar-refractivity contribution is 0.0169. The van der Waals surface area contributed by atoms with Crippen LogP contribution < -0.4 is 20.1 Å². The van der Waals surface area contributed by atoms with Gasteiger partial charge in [-0.25, -0.2) is 0 Å². The lowest BCUT2D eigenvalue weighted by Gasteiger charge is -2.35. The first-order chi connectivity index (χ1) is 15.3. The minimum Gasteiger partial charge on any atom is -0.493 e. The van der Waals surface area contributed by atoms with Crippen LogP contribution in [0.25, 0.3) is 0 Å². The van der Waals surface area contributed by atoms with Gasteiger partial charge >= 0.3 is 0 Å². The second-order valence-electron chi connectivity index (χ2n) is 9.26. The van der Waals surface area contributed by atoms with Crippen molar-refractivity contribution in [3.8, 4) is 11.5 Å². The molecule has 1 saturated heterocycles. The van der Waals surface area contributed by atoms with E-state index in [0.29, 0.717) is 0 Å². The van der Waals surface area contributed by atoms with Crippen LogP contribution in [-0.2, 0) is 4.74 Å². The van der Waals surface area contributed by atoms with Gasteiger partial charge in [0.25, 0.3) is 0 Å². The molecule has 0 aliphatic carbocycles. The molecule has 0 bridgehead atoms. The fraction of sp³-hybridized carbons (Fsp3) is 0.708. The van der Waals surface area contributed by atoms with Crippen molar-refractivity contribution >= 4 is 5.96 Å². The maximum absolute atomic E-state index is 5.59. The molecule has 2 rings (SSSR count). The van der Waals surface area contributed by atoms with E-state index in [2.05, 4.69) is 67.4 Å². The molecule has 8 heteroatoms. The van der Waals surface area contributed by atoms with Gasteiger partial charge in [0.1, 0.15) is 0 Å². The van der Waals surface area contributed by atoms with Gasteiger partial charge in [-0.1, -0.05) is 19.9 Å². The SMILES string of the molecule is CCNC(=NCC(C)(C)CN(C)C)NCC(c1ccc(OC)c(OC)c1)N1CCOCC1. The average molecular weight is 450 g/mol. The van der Waals surface area contributed by atoms with E-state index in [4.69, 9.17) is 19.2 Å². The zero-order chi connectivity index (χ0) is 23.6. The van der Waals surface area contributed by atoms with E-state index in [1.54, 1.807) is 14.2 Å². The molecule has 32 heavy (non-hydrogen) atoms. The van der Waals surface area contributed by atoms with Crippen molar-refractivity contribution in [3.05, 3.63) is 23.8 Å². The molecular weight excluding hydrogens is 406 g/mol. The summed E-state index contributed by atoms with van der Waals surface area (Å²) in [6, 6.07) is 6.33. The lowest BCUT2D eigenvalue weighted by atomic mass is 9.93. The summed E-state index contributed by atoms with van der Waals surface area (Å²) in [4.78, 5) is 9.56. The van der Waals surface area contributed by atoms with Gasteiger partial charge in [0.2, 0.25) is 0 Å². The van der Waals surface area contributed by atoms with Crippen molar-refractivity contribution in [2.24, 2.45) is 10.4 Å². The maximum Gasteiger partial charge on any atom is 0.191 e. The standard InChI is InChI=1S/C24H43N5O3/c1-8-25-23(27-17-24(2,3)18-28(4)5)26-16-20(29-11-13-32-14-12-29)19-9-10-21(30-6)22(15-19)31-7/h9-10,15,20H,8,11-14,16-18H2,1-7H3,(H2,25,26,27). The van der Waals surface area contributed by atoms with Gasteiger partial charge in [-0.3, -0.25) is 9.89 Å². The van der Waals surface area contributed by atoms with Crippen LogP contribution in [0.1, 0.15) is 32.4 Å². The first-order valence-electron chi connectivity index (χ1n) is 11.5. The number of guanidine groups is 1. The molecule has 1 aliphatic rings. The molecule has 1 fully saturated rings. The molecule has 0 radical (unpaired) electrons. The zero-order valence-electron chi connectivity index (χ0n) is 21.0. The molecule has 0 aromatic heterocycles. The van der Waals surface area contributed by atoms with Gasteiger partial charge in [-0.2, -0.15) is 0 Å². The first kappa shape index (κ1) is 26.2. The first-order valence-corrected chi connectivity index (χ1v) is 11.5. The number of hydrogen-bond donors (Lipinski definition) is 2. The molecule has 8 nitrogen and oxygen atoms in total. The van der Waals surface area contributed by atoms with E-state index in [-0.39, 0.29) is 11.5 Å². The number of ether oxygens (including phenoxy) is 3. The Hall–Kier alpha value is -2.03. The molecule has 0 spiro atoms. The van der Waals surface area contributed by atoms with Crippen molar-refractivity contribution < 1.29 is 14.2 Å². The number of hydrogen-bond acceptors (Lipinski definition) is 6. The van der Waals surface area contributed by atoms with Crippen LogP contribution in [0, 0.1) is 5.41 Å². The molecule has 0 amide bonds. The van der Waals surface area contributed by atoms with Gasteiger partial charge in [-0.05, 0) is 44.1 Å². The Kier molecular flexibility index (Phi) is 10.5. The normalized spacial score (nSPS) is 16.7. The number of nitrogens with one attached hydrogen (secondary N) is 2. The Balaban J connectivity index is 2.19. The highest BCUT2D eigenvalue weighted by atomic mass is 16.5. The molecular formula is C24H43N5O3. The highest BCUT2D eigenvalue weighted by molar-refractivity contribution is 5.79. The van der Waals surface area contributed by atoms with Crippen molar-refractivity contribution in [1.82, 2.24) is 20.4 Å². The molecule has 182 valence electrons. The van der Waals surface area contributed by atoms with E-state index < -0.39 is 0 Å². The topological polar surface area (TPSA) is 70.6 Å². The van der Waals surface area contributed by atoms with E-state index in [1.807, 2.05) is 6.07 Å². The molecule has 1 aromatic carbocycles. The lowest BCUT2D eigenvalue weighted by Crippen LogP contribution is -2.46. The quantitative estimate of drug-likeness (QED) is 0.396. The summed E-state index contributed by atoms with van der Waals surface area (Å²) < 4.78 is 16.6. The highest BCUT2D eigenvalue weighted by Gasteiger charge is 2.24. The Morgan fingerprint density at radius 2 is 1.84 bits per heavy atom. The second kappa shape index (κ2) is 12.9. The summed E-state index contributed by atoms with van der Waals surface area (Å²) >= 11 is 0. The summed E-state index contributed by atoms with van der Waals surface area (Å²) in [6.07, 6.45) is 0. The third-order valence-electron chi connectivity index (χ3n) is 5.50. The third kappa shape index (κ3) is 8.15. The number of morpholine rings is 1. The average Bonchev–Trinajstić information content (AvgIpc) is 2.77. The molecule has 1 atom stereocenters. The van der Waals surface area contributed by atoms with E-state index in [0.717, 1.165) is 69.9 Å². The van der Waals surface area contributed by atoms with Gasteiger partial charge in [0.15, 0.2) is 17.5 Å². The smallest absolute Gasteiger partial charge is 0.191 e. The van der Waals surface area contributed by atoms with Crippen molar-refractivity contribution in [2.75, 3.05) is 80.8 Å². The molecule has 2 N–H and O–H groups in total. The number of rotatable bonds is 11. The van der Waals surface area contributed by atoms with Crippen molar-refractivity contribution in [2.45, 2.75) is 26.8 Å². The fourth-order valence-electron chi connectivity index (χ4n) is 4.14. The van der Waals surface area contributed by atoms with Gasteiger partial charge < -0.3 is 29.7 Å². The molecule has 1 unspecified atom stereocenters. The van der Waals surface area contributed by atoms with Crippen LogP contribution in [0.4, 0.5) is 0 Å². The predicted molar refractivity (Wildman–Crippen MR) is 131 cm³/mol. The summed E-state index contributed by atoms with van der Waals surface area (Å²) in [5, 5.41) is 6.98. The monoisotopic (exact) mass is 449 g/mol. The fourth-order valence-corrected chi connectivity index (χ4v) is 4.14. The molecule has 1 heterocycles. The Morgan fingerprint density at radius 1 is 1.16 bits per heavy atom. The molecule has 1 aromatic rings. The zero-order valence-corrected chi connectivity index (χ0v) is 21.0. The highest BCUT2D eigenvalue weighted by Crippen LogP contribution is 2.32. The maximum atomic E-state index is 5.59. The predicted octanol–water partition coefficient (Wildman–Crippen LogP) is 2.22. The van der Waals surface area contributed by atoms with Gasteiger partial charge in [-0.15, -0.1) is 0 Å². The third-order valence-corrected chi connectivity index (χ3v) is 5.50. The minimum absolute atomic E-state index is 0.0960. The second-order valence-corrected chi connectivity index (χ2v) is 9.26. The molecule has 1 aliphatic heterocycles. The van der Waals surface area contributed by atoms with Crippen LogP contribution >= 0.6 is 0 Å². The van der Waals surface area contributed by atoms with Crippen LogP contribution in [-0.4, -0.2) is 96.6 Å².